The molecular formula is C20H21FN2O3. The summed E-state index contributed by atoms with van der Waals surface area (Å²) in [5.74, 6) is 0.204. The third-order valence-corrected chi connectivity index (χ3v) is 4.86. The summed E-state index contributed by atoms with van der Waals surface area (Å²) in [6, 6.07) is 8.57. The van der Waals surface area contributed by atoms with E-state index >= 15 is 0 Å². The molecule has 0 spiro atoms. The van der Waals surface area contributed by atoms with Crippen LogP contribution in [0.2, 0.25) is 0 Å². The van der Waals surface area contributed by atoms with E-state index in [1.807, 2.05) is 6.07 Å². The lowest BCUT2D eigenvalue weighted by Crippen LogP contribution is -2.18. The van der Waals surface area contributed by atoms with Gasteiger partial charge in [0.25, 0.3) is 0 Å². The van der Waals surface area contributed by atoms with Crippen LogP contribution in [0, 0.1) is 19.7 Å². The number of pyridine rings is 1. The molecule has 0 atom stereocenters. The fourth-order valence-electron chi connectivity index (χ4n) is 3.32. The molecule has 0 saturated carbocycles. The molecule has 0 aliphatic carbocycles. The van der Waals surface area contributed by atoms with E-state index in [9.17, 15) is 4.39 Å². The molecule has 0 radical (unpaired) electrons. The van der Waals surface area contributed by atoms with Crippen molar-refractivity contribution in [2.24, 2.45) is 0 Å². The Morgan fingerprint density at radius 1 is 1.19 bits per heavy atom. The van der Waals surface area contributed by atoms with Crippen molar-refractivity contribution in [1.82, 2.24) is 9.55 Å². The number of hydrogen-bond donors (Lipinski definition) is 0. The highest BCUT2D eigenvalue weighted by Crippen LogP contribution is 2.32. The van der Waals surface area contributed by atoms with E-state index in [0.29, 0.717) is 31.2 Å². The minimum absolute atomic E-state index is 0.124. The third-order valence-electron chi connectivity index (χ3n) is 4.86. The van der Waals surface area contributed by atoms with Gasteiger partial charge in [-0.3, -0.25) is 0 Å². The molecule has 0 unspecified atom stereocenters. The number of halogens is 1. The number of ether oxygens (including phenoxy) is 3. The first-order chi connectivity index (χ1) is 12.6. The molecule has 1 aliphatic rings. The minimum Gasteiger partial charge on any atom is -0.471 e. The molecule has 26 heavy (non-hydrogen) atoms. The largest absolute Gasteiger partial charge is 0.471 e. The van der Waals surface area contributed by atoms with Crippen LogP contribution < -0.4 is 4.74 Å². The Bertz CT molecular complexity index is 932. The zero-order valence-corrected chi connectivity index (χ0v) is 14.9. The van der Waals surface area contributed by atoms with Crippen molar-refractivity contribution in [3.63, 3.8) is 0 Å². The second-order valence-electron chi connectivity index (χ2n) is 6.38. The third kappa shape index (κ3) is 3.06. The highest BCUT2D eigenvalue weighted by molar-refractivity contribution is 5.88. The maximum absolute atomic E-state index is 13.9. The van der Waals surface area contributed by atoms with Crippen molar-refractivity contribution in [3.05, 3.63) is 59.2 Å². The van der Waals surface area contributed by atoms with Gasteiger partial charge in [0.05, 0.1) is 19.8 Å². The van der Waals surface area contributed by atoms with Crippen LogP contribution in [0.3, 0.4) is 0 Å². The normalized spacial score (nSPS) is 15.0. The topological polar surface area (TPSA) is 45.5 Å². The number of benzene rings is 1. The van der Waals surface area contributed by atoms with Gasteiger partial charge >= 0.3 is 0 Å². The van der Waals surface area contributed by atoms with E-state index in [-0.39, 0.29) is 18.7 Å². The van der Waals surface area contributed by atoms with E-state index in [1.165, 1.54) is 6.07 Å². The van der Waals surface area contributed by atoms with Crippen molar-refractivity contribution >= 4 is 10.9 Å². The molecule has 2 aromatic heterocycles. The Kier molecular flexibility index (Phi) is 4.61. The SMILES string of the molecule is Cc1c(C)n(CC2OCCO2)c2c(OCc3ccccc3F)nccc12. The number of aryl methyl sites for hydroxylation is 1. The second kappa shape index (κ2) is 7.05. The van der Waals surface area contributed by atoms with Crippen LogP contribution in [-0.2, 0) is 22.6 Å². The van der Waals surface area contributed by atoms with Gasteiger partial charge in [-0.1, -0.05) is 18.2 Å². The first-order valence-corrected chi connectivity index (χ1v) is 8.69. The molecule has 5 nitrogen and oxygen atoms in total. The van der Waals surface area contributed by atoms with E-state index < -0.39 is 0 Å². The zero-order chi connectivity index (χ0) is 18.1. The van der Waals surface area contributed by atoms with E-state index in [1.54, 1.807) is 24.4 Å². The van der Waals surface area contributed by atoms with Crippen LogP contribution in [0.15, 0.2) is 36.5 Å². The maximum atomic E-state index is 13.9. The molecular weight excluding hydrogens is 335 g/mol. The average Bonchev–Trinajstić information content (AvgIpc) is 3.25. The van der Waals surface area contributed by atoms with E-state index in [2.05, 4.69) is 23.4 Å². The van der Waals surface area contributed by atoms with Gasteiger partial charge < -0.3 is 18.8 Å². The van der Waals surface area contributed by atoms with Crippen LogP contribution in [0.25, 0.3) is 10.9 Å². The fraction of sp³-hybridized carbons (Fsp3) is 0.350. The van der Waals surface area contributed by atoms with Crippen LogP contribution in [-0.4, -0.2) is 29.1 Å². The number of aromatic nitrogens is 2. The summed E-state index contributed by atoms with van der Waals surface area (Å²) < 4.78 is 33.1. The Morgan fingerprint density at radius 2 is 1.96 bits per heavy atom. The van der Waals surface area contributed by atoms with Crippen LogP contribution in [0.4, 0.5) is 4.39 Å². The highest BCUT2D eigenvalue weighted by Gasteiger charge is 2.22. The molecule has 136 valence electrons. The Balaban J connectivity index is 1.70. The summed E-state index contributed by atoms with van der Waals surface area (Å²) in [5.41, 5.74) is 3.66. The van der Waals surface area contributed by atoms with Crippen LogP contribution >= 0.6 is 0 Å². The maximum Gasteiger partial charge on any atom is 0.238 e. The molecule has 1 aliphatic heterocycles. The molecule has 0 bridgehead atoms. The Hall–Kier alpha value is -2.44. The predicted octanol–water partition coefficient (Wildman–Crippen LogP) is 3.74. The summed E-state index contributed by atoms with van der Waals surface area (Å²) in [6.45, 7) is 6.04. The number of hydrogen-bond acceptors (Lipinski definition) is 4. The summed E-state index contributed by atoms with van der Waals surface area (Å²) in [5, 5.41) is 1.07. The Morgan fingerprint density at radius 3 is 2.73 bits per heavy atom. The zero-order valence-electron chi connectivity index (χ0n) is 14.9. The van der Waals surface area contributed by atoms with Crippen molar-refractivity contribution in [1.29, 1.82) is 0 Å². The summed E-state index contributed by atoms with van der Waals surface area (Å²) in [7, 11) is 0. The number of nitrogens with zero attached hydrogens (tertiary/aromatic N) is 2. The molecule has 4 rings (SSSR count). The number of fused-ring (bicyclic) bond motifs is 1. The predicted molar refractivity (Wildman–Crippen MR) is 95.6 cm³/mol. The van der Waals surface area contributed by atoms with Gasteiger partial charge in [0.15, 0.2) is 6.29 Å². The first kappa shape index (κ1) is 17.0. The lowest BCUT2D eigenvalue weighted by atomic mass is 10.2. The lowest BCUT2D eigenvalue weighted by Gasteiger charge is -2.15. The summed E-state index contributed by atoms with van der Waals surface area (Å²) >= 11 is 0. The summed E-state index contributed by atoms with van der Waals surface area (Å²) in [4.78, 5) is 4.39. The lowest BCUT2D eigenvalue weighted by molar-refractivity contribution is -0.0520. The highest BCUT2D eigenvalue weighted by atomic mass is 19.1. The molecule has 3 aromatic rings. The molecule has 0 amide bonds. The van der Waals surface area contributed by atoms with Gasteiger partial charge in [0.1, 0.15) is 17.9 Å². The van der Waals surface area contributed by atoms with Crippen molar-refractivity contribution in [2.45, 2.75) is 33.3 Å². The minimum atomic E-state index is -0.282. The van der Waals surface area contributed by atoms with Gasteiger partial charge in [0, 0.05) is 22.8 Å². The van der Waals surface area contributed by atoms with Crippen molar-refractivity contribution < 1.29 is 18.6 Å². The standard InChI is InChI=1S/C20H21FN2O3/c1-13-14(2)23(11-18-24-9-10-25-18)19-16(13)7-8-22-20(19)26-12-15-5-3-4-6-17(15)21/h3-8,18H,9-12H2,1-2H3. The fourth-order valence-corrected chi connectivity index (χ4v) is 3.32. The first-order valence-electron chi connectivity index (χ1n) is 8.69. The average molecular weight is 356 g/mol. The summed E-state index contributed by atoms with van der Waals surface area (Å²) in [6.07, 6.45) is 1.45. The molecule has 1 fully saturated rings. The van der Waals surface area contributed by atoms with E-state index in [4.69, 9.17) is 14.2 Å². The smallest absolute Gasteiger partial charge is 0.238 e. The van der Waals surface area contributed by atoms with Gasteiger partial charge in [-0.05, 0) is 31.5 Å². The number of rotatable bonds is 5. The Labute approximate surface area is 151 Å². The van der Waals surface area contributed by atoms with Gasteiger partial charge in [-0.25, -0.2) is 9.37 Å². The molecule has 3 heterocycles. The quantitative estimate of drug-likeness (QED) is 0.699. The van der Waals surface area contributed by atoms with E-state index in [0.717, 1.165) is 22.2 Å². The molecule has 0 N–H and O–H groups in total. The second-order valence-corrected chi connectivity index (χ2v) is 6.38. The van der Waals surface area contributed by atoms with Gasteiger partial charge in [0.2, 0.25) is 5.88 Å². The van der Waals surface area contributed by atoms with Crippen molar-refractivity contribution in [3.8, 4) is 5.88 Å². The van der Waals surface area contributed by atoms with Crippen molar-refractivity contribution in [2.75, 3.05) is 13.2 Å². The van der Waals surface area contributed by atoms with Crippen LogP contribution in [0.5, 0.6) is 5.88 Å². The van der Waals surface area contributed by atoms with Crippen LogP contribution in [0.1, 0.15) is 16.8 Å². The molecule has 1 aromatic carbocycles. The monoisotopic (exact) mass is 356 g/mol. The molecule has 1 saturated heterocycles. The van der Waals surface area contributed by atoms with Gasteiger partial charge in [-0.2, -0.15) is 0 Å². The van der Waals surface area contributed by atoms with Gasteiger partial charge in [-0.15, -0.1) is 0 Å². The molecule has 6 heteroatoms.